The summed E-state index contributed by atoms with van der Waals surface area (Å²) in [5.41, 5.74) is 0. The summed E-state index contributed by atoms with van der Waals surface area (Å²) in [4.78, 5) is 0.120. The van der Waals surface area contributed by atoms with Crippen LogP contribution in [0.3, 0.4) is 0 Å². The van der Waals surface area contributed by atoms with Crippen LogP contribution >= 0.6 is 0 Å². The van der Waals surface area contributed by atoms with Gasteiger partial charge in [0.15, 0.2) is 0 Å². The molecule has 1 N–H and O–H groups in total. The van der Waals surface area contributed by atoms with E-state index in [1.54, 1.807) is 18.2 Å². The van der Waals surface area contributed by atoms with Crippen molar-refractivity contribution in [3.8, 4) is 5.75 Å². The number of rotatable bonds is 7. The van der Waals surface area contributed by atoms with Crippen LogP contribution in [0.4, 0.5) is 0 Å². The largest absolute Gasteiger partial charge is 0.495 e. The Bertz CT molecular complexity index is 774. The van der Waals surface area contributed by atoms with Crippen LogP contribution in [0.25, 0.3) is 0 Å². The highest BCUT2D eigenvalue weighted by Crippen LogP contribution is 2.29. The maximum atomic E-state index is 12.7. The number of sulfonamides is 2. The monoisotopic (exact) mass is 360 g/mol. The lowest BCUT2D eigenvalue weighted by molar-refractivity contribution is 0.397. The van der Waals surface area contributed by atoms with Gasteiger partial charge in [-0.25, -0.2) is 21.6 Å². The maximum absolute atomic E-state index is 12.7. The minimum Gasteiger partial charge on any atom is -0.495 e. The lowest BCUT2D eigenvalue weighted by Crippen LogP contribution is -2.32. The maximum Gasteiger partial charge on any atom is 0.246 e. The van der Waals surface area contributed by atoms with E-state index in [9.17, 15) is 16.8 Å². The fraction of sp³-hybridized carbons (Fsp3) is 0.429. The molecule has 0 amide bonds. The van der Waals surface area contributed by atoms with Crippen molar-refractivity contribution < 1.29 is 21.6 Å². The number of hydrogen-bond acceptors (Lipinski definition) is 5. The summed E-state index contributed by atoms with van der Waals surface area (Å²) < 4.78 is 57.0. The molecule has 0 aromatic heterocycles. The van der Waals surface area contributed by atoms with Crippen molar-refractivity contribution >= 4 is 20.0 Å². The molecule has 0 spiro atoms. The number of methoxy groups -OCH3 is 1. The highest BCUT2D eigenvalue weighted by molar-refractivity contribution is 7.92. The molecule has 0 radical (unpaired) electrons. The summed E-state index contributed by atoms with van der Waals surface area (Å²) in [5.74, 6) is 0.220. The molecule has 1 aliphatic rings. The van der Waals surface area contributed by atoms with E-state index in [0.717, 1.165) is 5.41 Å². The number of nitrogens with zero attached hydrogens (tertiary/aromatic N) is 1. The lowest BCUT2D eigenvalue weighted by atomic mass is 10.1. The predicted molar refractivity (Wildman–Crippen MR) is 87.0 cm³/mol. The van der Waals surface area contributed by atoms with Crippen molar-refractivity contribution in [1.82, 2.24) is 9.03 Å². The Balaban J connectivity index is 2.10. The second kappa shape index (κ2) is 7.00. The summed E-state index contributed by atoms with van der Waals surface area (Å²) >= 11 is 0. The van der Waals surface area contributed by atoms with Crippen LogP contribution in [0.1, 0.15) is 6.42 Å². The van der Waals surface area contributed by atoms with Crippen LogP contribution in [0.2, 0.25) is 0 Å². The Morgan fingerprint density at radius 2 is 2.04 bits per heavy atom. The molecular weight excluding hydrogens is 340 g/mol. The van der Waals surface area contributed by atoms with Gasteiger partial charge in [0.1, 0.15) is 10.6 Å². The van der Waals surface area contributed by atoms with Gasteiger partial charge in [0.05, 0.1) is 7.11 Å². The number of benzene rings is 1. The minimum absolute atomic E-state index is 0.0748. The number of para-hydroxylation sites is 1. The molecular formula is C14H20N2O5S2. The van der Waals surface area contributed by atoms with Crippen molar-refractivity contribution in [2.75, 3.05) is 26.7 Å². The molecule has 9 heteroatoms. The third kappa shape index (κ3) is 4.11. The lowest BCUT2D eigenvalue weighted by Gasteiger charge is -2.18. The zero-order valence-corrected chi connectivity index (χ0v) is 14.4. The van der Waals surface area contributed by atoms with E-state index in [0.29, 0.717) is 18.7 Å². The molecule has 1 aromatic carbocycles. The number of ether oxygens (including phenoxy) is 1. The zero-order chi connectivity index (χ0) is 17.1. The molecule has 0 aliphatic carbocycles. The summed E-state index contributed by atoms with van der Waals surface area (Å²) in [6.45, 7) is 4.02. The fourth-order valence-corrected chi connectivity index (χ4v) is 4.72. The molecule has 0 bridgehead atoms. The van der Waals surface area contributed by atoms with E-state index in [1.165, 1.54) is 17.5 Å². The van der Waals surface area contributed by atoms with Gasteiger partial charge >= 0.3 is 0 Å². The van der Waals surface area contributed by atoms with E-state index >= 15 is 0 Å². The molecule has 0 unspecified atom stereocenters. The van der Waals surface area contributed by atoms with Crippen LogP contribution in [0, 0.1) is 5.92 Å². The van der Waals surface area contributed by atoms with E-state index in [2.05, 4.69) is 11.3 Å². The van der Waals surface area contributed by atoms with Crippen molar-refractivity contribution in [2.24, 2.45) is 5.92 Å². The molecule has 1 saturated heterocycles. The van der Waals surface area contributed by atoms with Gasteiger partial charge in [-0.3, -0.25) is 0 Å². The van der Waals surface area contributed by atoms with Crippen LogP contribution < -0.4 is 9.46 Å². The highest BCUT2D eigenvalue weighted by Gasteiger charge is 2.34. The summed E-state index contributed by atoms with van der Waals surface area (Å²) in [5, 5.41) is 0.839. The van der Waals surface area contributed by atoms with Crippen LogP contribution in [0.5, 0.6) is 5.75 Å². The van der Waals surface area contributed by atoms with Crippen LogP contribution in [-0.4, -0.2) is 47.9 Å². The van der Waals surface area contributed by atoms with Gasteiger partial charge in [-0.15, -0.1) is 0 Å². The molecule has 2 rings (SSSR count). The first-order valence-electron chi connectivity index (χ1n) is 7.05. The normalized spacial score (nSPS) is 19.6. The van der Waals surface area contributed by atoms with Gasteiger partial charge in [-0.1, -0.05) is 18.7 Å². The first-order valence-corrected chi connectivity index (χ1v) is 10.0. The number of nitrogens with one attached hydrogen (secondary N) is 1. The molecule has 0 saturated carbocycles. The Hall–Kier alpha value is -1.42. The van der Waals surface area contributed by atoms with Crippen LogP contribution in [0.15, 0.2) is 41.1 Å². The second-order valence-electron chi connectivity index (χ2n) is 5.23. The van der Waals surface area contributed by atoms with Gasteiger partial charge < -0.3 is 4.74 Å². The van der Waals surface area contributed by atoms with Gasteiger partial charge in [-0.05, 0) is 24.5 Å². The smallest absolute Gasteiger partial charge is 0.246 e. The topological polar surface area (TPSA) is 92.8 Å². The Morgan fingerprint density at radius 3 is 2.70 bits per heavy atom. The van der Waals surface area contributed by atoms with Crippen molar-refractivity contribution in [3.05, 3.63) is 36.3 Å². The average Bonchev–Trinajstić information content (AvgIpc) is 3.03. The molecule has 23 heavy (non-hydrogen) atoms. The van der Waals surface area contributed by atoms with Crippen molar-refractivity contribution in [1.29, 1.82) is 0 Å². The fourth-order valence-electron chi connectivity index (χ4n) is 2.45. The van der Waals surface area contributed by atoms with E-state index in [4.69, 9.17) is 4.74 Å². The Morgan fingerprint density at radius 1 is 1.35 bits per heavy atom. The van der Waals surface area contributed by atoms with E-state index in [-0.39, 0.29) is 23.9 Å². The summed E-state index contributed by atoms with van der Waals surface area (Å²) in [6.07, 6.45) is 0.591. The van der Waals surface area contributed by atoms with E-state index in [1.807, 2.05) is 0 Å². The SMILES string of the molecule is C=CS(=O)(=O)NC[C@H]1CCN(S(=O)(=O)c2ccccc2OC)C1. The average molecular weight is 360 g/mol. The predicted octanol–water partition coefficient (Wildman–Crippen LogP) is 0.769. The second-order valence-corrected chi connectivity index (χ2v) is 8.85. The first-order chi connectivity index (χ1) is 10.8. The van der Waals surface area contributed by atoms with Gasteiger partial charge in [0, 0.05) is 25.0 Å². The summed E-state index contributed by atoms with van der Waals surface area (Å²) in [7, 11) is -5.74. The van der Waals surface area contributed by atoms with Crippen molar-refractivity contribution in [3.63, 3.8) is 0 Å². The number of hydrogen-bond donors (Lipinski definition) is 1. The molecule has 1 fully saturated rings. The quantitative estimate of drug-likeness (QED) is 0.775. The third-order valence-corrected chi connectivity index (χ3v) is 6.64. The van der Waals surface area contributed by atoms with Crippen molar-refractivity contribution in [2.45, 2.75) is 11.3 Å². The van der Waals surface area contributed by atoms with E-state index < -0.39 is 20.0 Å². The van der Waals surface area contributed by atoms with Gasteiger partial charge in [-0.2, -0.15) is 4.31 Å². The standard InChI is InChI=1S/C14H20N2O5S2/c1-3-22(17,18)15-10-12-8-9-16(11-12)23(19,20)14-7-5-4-6-13(14)21-2/h3-7,12,15H,1,8-11H2,2H3/t12-/m1/s1. The third-order valence-electron chi connectivity index (χ3n) is 3.73. The molecule has 1 aromatic rings. The Kier molecular flexibility index (Phi) is 5.45. The molecule has 1 heterocycles. The van der Waals surface area contributed by atoms with Crippen LogP contribution in [-0.2, 0) is 20.0 Å². The molecule has 128 valence electrons. The first kappa shape index (κ1) is 17.9. The molecule has 1 aliphatic heterocycles. The van der Waals surface area contributed by atoms with Gasteiger partial charge in [0.2, 0.25) is 20.0 Å². The Labute approximate surface area is 137 Å². The zero-order valence-electron chi connectivity index (χ0n) is 12.8. The molecule has 7 nitrogen and oxygen atoms in total. The molecule has 1 atom stereocenters. The van der Waals surface area contributed by atoms with Gasteiger partial charge in [0.25, 0.3) is 0 Å². The summed E-state index contributed by atoms with van der Waals surface area (Å²) in [6, 6.07) is 6.44. The minimum atomic E-state index is -3.66. The highest BCUT2D eigenvalue weighted by atomic mass is 32.2.